The van der Waals surface area contributed by atoms with Crippen LogP contribution in [-0.4, -0.2) is 22.4 Å². The Bertz CT molecular complexity index is 810. The number of aromatic nitrogens is 1. The molecule has 0 saturated heterocycles. The highest BCUT2D eigenvalue weighted by atomic mass is 35.5. The number of anilines is 2. The molecular formula is C16H17ClN4O3. The molecule has 7 nitrogen and oxygen atoms in total. The maximum Gasteiger partial charge on any atom is 0.288 e. The van der Waals surface area contributed by atoms with Gasteiger partial charge in [0, 0.05) is 24.0 Å². The van der Waals surface area contributed by atoms with Crippen molar-refractivity contribution >= 4 is 35.4 Å². The zero-order chi connectivity index (χ0) is 16.6. The Labute approximate surface area is 145 Å². The fraction of sp³-hybridized carbons (Fsp3) is 0.250. The normalized spacial score (nSPS) is 13.0. The molecule has 1 aromatic carbocycles. The van der Waals surface area contributed by atoms with Crippen LogP contribution >= 0.6 is 12.4 Å². The van der Waals surface area contributed by atoms with Crippen LogP contribution in [0.3, 0.4) is 0 Å². The van der Waals surface area contributed by atoms with Crippen molar-refractivity contribution < 1.29 is 9.72 Å². The van der Waals surface area contributed by atoms with Crippen molar-refractivity contribution in [1.29, 1.82) is 0 Å². The number of halogens is 1. The lowest BCUT2D eigenvalue weighted by molar-refractivity contribution is -0.385. The zero-order valence-corrected chi connectivity index (χ0v) is 13.9. The third kappa shape index (κ3) is 3.03. The molecule has 0 unspecified atom stereocenters. The number of nitrogen functional groups attached to an aromatic ring is 1. The van der Waals surface area contributed by atoms with E-state index in [1.807, 2.05) is 12.1 Å². The largest absolute Gasteiger partial charge is 0.398 e. The number of carbonyl (C=O) groups excluding carboxylic acids is 1. The van der Waals surface area contributed by atoms with E-state index in [2.05, 4.69) is 4.98 Å². The van der Waals surface area contributed by atoms with Crippen molar-refractivity contribution in [2.24, 2.45) is 0 Å². The van der Waals surface area contributed by atoms with Crippen molar-refractivity contribution in [1.82, 2.24) is 4.98 Å². The molecule has 3 rings (SSSR count). The van der Waals surface area contributed by atoms with Crippen LogP contribution in [0.15, 0.2) is 30.5 Å². The van der Waals surface area contributed by atoms with Gasteiger partial charge < -0.3 is 10.6 Å². The average Bonchev–Trinajstić information content (AvgIpc) is 2.54. The summed E-state index contributed by atoms with van der Waals surface area (Å²) in [6.07, 6.45) is 2.78. The summed E-state index contributed by atoms with van der Waals surface area (Å²) in [5, 5.41) is 10.9. The number of carbonyl (C=O) groups is 1. The van der Waals surface area contributed by atoms with Gasteiger partial charge in [0.1, 0.15) is 6.20 Å². The number of nitro groups is 1. The van der Waals surface area contributed by atoms with Crippen LogP contribution in [0, 0.1) is 17.0 Å². The zero-order valence-electron chi connectivity index (χ0n) is 13.1. The van der Waals surface area contributed by atoms with Gasteiger partial charge in [0.15, 0.2) is 0 Å². The predicted molar refractivity (Wildman–Crippen MR) is 93.7 cm³/mol. The molecule has 0 fully saturated rings. The van der Waals surface area contributed by atoms with Gasteiger partial charge in [-0.25, -0.2) is 0 Å². The standard InChI is InChI=1S/C16H16N4O3.ClH/c1-10-13(8-11(9-18-10)20(22)23)16(21)19-7-3-4-12-14(17)5-2-6-15(12)19;/h2,5-6,8-9H,3-4,7,17H2,1H3;1H. The number of nitrogens with zero attached hydrogens (tertiary/aromatic N) is 3. The molecule has 1 amide bonds. The third-order valence-corrected chi connectivity index (χ3v) is 4.05. The molecule has 1 aliphatic heterocycles. The Balaban J connectivity index is 0.00000208. The Hall–Kier alpha value is -2.67. The summed E-state index contributed by atoms with van der Waals surface area (Å²) in [4.78, 5) is 28.9. The topological polar surface area (TPSA) is 102 Å². The monoisotopic (exact) mass is 348 g/mol. The molecule has 1 aliphatic rings. The number of pyridine rings is 1. The first-order chi connectivity index (χ1) is 11.0. The molecule has 0 aliphatic carbocycles. The molecule has 0 radical (unpaired) electrons. The van der Waals surface area contributed by atoms with Gasteiger partial charge in [-0.15, -0.1) is 12.4 Å². The van der Waals surface area contributed by atoms with Gasteiger partial charge >= 0.3 is 0 Å². The SMILES string of the molecule is Cc1ncc([N+](=O)[O-])cc1C(=O)N1CCCc2c(N)cccc21.Cl. The van der Waals surface area contributed by atoms with Crippen LogP contribution in [0.4, 0.5) is 17.1 Å². The van der Waals surface area contributed by atoms with E-state index in [1.54, 1.807) is 17.9 Å². The molecule has 0 bridgehead atoms. The predicted octanol–water partition coefficient (Wildman–Crippen LogP) is 2.90. The van der Waals surface area contributed by atoms with Gasteiger partial charge in [-0.3, -0.25) is 19.9 Å². The maximum absolute atomic E-state index is 12.9. The number of hydrogen-bond acceptors (Lipinski definition) is 5. The molecule has 0 atom stereocenters. The van der Waals surface area contributed by atoms with E-state index in [0.29, 0.717) is 17.9 Å². The fourth-order valence-corrected chi connectivity index (χ4v) is 2.85. The lowest BCUT2D eigenvalue weighted by Crippen LogP contribution is -2.36. The van der Waals surface area contributed by atoms with Gasteiger partial charge in [0.05, 0.1) is 16.2 Å². The van der Waals surface area contributed by atoms with Crippen LogP contribution in [0.1, 0.15) is 28.0 Å². The van der Waals surface area contributed by atoms with Gasteiger partial charge in [0.2, 0.25) is 0 Å². The highest BCUT2D eigenvalue weighted by Gasteiger charge is 2.27. The highest BCUT2D eigenvalue weighted by molar-refractivity contribution is 6.08. The summed E-state index contributed by atoms with van der Waals surface area (Å²) in [7, 11) is 0. The summed E-state index contributed by atoms with van der Waals surface area (Å²) in [6, 6.07) is 6.75. The molecule has 8 heteroatoms. The second-order valence-electron chi connectivity index (χ2n) is 5.49. The number of benzene rings is 1. The molecule has 126 valence electrons. The fourth-order valence-electron chi connectivity index (χ4n) is 2.85. The Kier molecular flexibility index (Phi) is 5.04. The van der Waals surface area contributed by atoms with Crippen molar-refractivity contribution in [2.45, 2.75) is 19.8 Å². The van der Waals surface area contributed by atoms with Crippen LogP contribution in [0.25, 0.3) is 0 Å². The van der Waals surface area contributed by atoms with Crippen molar-refractivity contribution in [3.63, 3.8) is 0 Å². The lowest BCUT2D eigenvalue weighted by Gasteiger charge is -2.30. The number of rotatable bonds is 2. The quantitative estimate of drug-likeness (QED) is 0.510. The van der Waals surface area contributed by atoms with Gasteiger partial charge in [-0.2, -0.15) is 0 Å². The van der Waals surface area contributed by atoms with Gasteiger partial charge in [-0.05, 0) is 37.5 Å². The molecule has 1 aromatic heterocycles. The summed E-state index contributed by atoms with van der Waals surface area (Å²) in [5.41, 5.74) is 8.90. The molecule has 2 heterocycles. The van der Waals surface area contributed by atoms with Crippen molar-refractivity contribution in [3.05, 3.63) is 57.4 Å². The summed E-state index contributed by atoms with van der Waals surface area (Å²) in [5.74, 6) is -0.287. The van der Waals surface area contributed by atoms with E-state index in [9.17, 15) is 14.9 Å². The molecule has 0 saturated carbocycles. The second kappa shape index (κ2) is 6.84. The smallest absolute Gasteiger partial charge is 0.288 e. The molecule has 0 spiro atoms. The Morgan fingerprint density at radius 3 is 2.88 bits per heavy atom. The van der Waals surface area contributed by atoms with E-state index >= 15 is 0 Å². The number of fused-ring (bicyclic) bond motifs is 1. The number of nitrogens with two attached hydrogens (primary N) is 1. The minimum atomic E-state index is -0.550. The van der Waals surface area contributed by atoms with Crippen molar-refractivity contribution in [2.75, 3.05) is 17.2 Å². The first kappa shape index (κ1) is 17.7. The summed E-state index contributed by atoms with van der Waals surface area (Å²) >= 11 is 0. The minimum absolute atomic E-state index is 0. The number of hydrogen-bond donors (Lipinski definition) is 1. The molecule has 2 aromatic rings. The van der Waals surface area contributed by atoms with Gasteiger partial charge in [0.25, 0.3) is 11.6 Å². The van der Waals surface area contributed by atoms with E-state index in [1.165, 1.54) is 6.07 Å². The Morgan fingerprint density at radius 1 is 1.42 bits per heavy atom. The van der Waals surface area contributed by atoms with Crippen LogP contribution in [-0.2, 0) is 6.42 Å². The van der Waals surface area contributed by atoms with Crippen LogP contribution < -0.4 is 10.6 Å². The average molecular weight is 349 g/mol. The second-order valence-corrected chi connectivity index (χ2v) is 5.49. The molecule has 24 heavy (non-hydrogen) atoms. The number of aryl methyl sites for hydroxylation is 1. The van der Waals surface area contributed by atoms with E-state index in [-0.39, 0.29) is 29.6 Å². The highest BCUT2D eigenvalue weighted by Crippen LogP contribution is 2.32. The number of amides is 1. The van der Waals surface area contributed by atoms with E-state index in [4.69, 9.17) is 5.73 Å². The van der Waals surface area contributed by atoms with E-state index < -0.39 is 4.92 Å². The van der Waals surface area contributed by atoms with Crippen molar-refractivity contribution in [3.8, 4) is 0 Å². The summed E-state index contributed by atoms with van der Waals surface area (Å²) in [6.45, 7) is 2.22. The first-order valence-electron chi connectivity index (χ1n) is 7.29. The minimum Gasteiger partial charge on any atom is -0.398 e. The van der Waals surface area contributed by atoms with E-state index in [0.717, 1.165) is 30.3 Å². The Morgan fingerprint density at radius 2 is 2.17 bits per heavy atom. The third-order valence-electron chi connectivity index (χ3n) is 4.05. The van der Waals surface area contributed by atoms with Gasteiger partial charge in [-0.1, -0.05) is 6.07 Å². The lowest BCUT2D eigenvalue weighted by atomic mass is 9.99. The first-order valence-corrected chi connectivity index (χ1v) is 7.29. The summed E-state index contributed by atoms with van der Waals surface area (Å²) < 4.78 is 0. The van der Waals surface area contributed by atoms with Crippen LogP contribution in [0.2, 0.25) is 0 Å². The molecule has 2 N–H and O–H groups in total. The molecular weight excluding hydrogens is 332 g/mol. The van der Waals surface area contributed by atoms with Crippen LogP contribution in [0.5, 0.6) is 0 Å². The maximum atomic E-state index is 12.9.